The quantitative estimate of drug-likeness (QED) is 0.670. The molecule has 120 valence electrons. The Bertz CT molecular complexity index is 831. The van der Waals surface area contributed by atoms with E-state index < -0.39 is 0 Å². The van der Waals surface area contributed by atoms with Crippen molar-refractivity contribution in [2.75, 3.05) is 11.5 Å². The van der Waals surface area contributed by atoms with Crippen molar-refractivity contribution in [2.45, 2.75) is 27.2 Å². The van der Waals surface area contributed by atoms with Crippen LogP contribution >= 0.6 is 11.6 Å². The number of rotatable bonds is 1. The van der Waals surface area contributed by atoms with Gasteiger partial charge in [0.2, 0.25) is 0 Å². The third-order valence-electron chi connectivity index (χ3n) is 3.36. The first-order valence-corrected chi connectivity index (χ1v) is 7.91. The van der Waals surface area contributed by atoms with Crippen LogP contribution in [-0.2, 0) is 0 Å². The molecular formula is C18H21ClN4. The Labute approximate surface area is 141 Å². The highest BCUT2D eigenvalue weighted by Gasteiger charge is 2.08. The second kappa shape index (κ2) is 7.29. The van der Waals surface area contributed by atoms with Gasteiger partial charge < -0.3 is 11.5 Å². The normalized spacial score (nSPS) is 10.3. The molecule has 2 aromatic heterocycles. The van der Waals surface area contributed by atoms with Crippen molar-refractivity contribution in [3.05, 3.63) is 47.2 Å². The molecule has 2 heterocycles. The van der Waals surface area contributed by atoms with Gasteiger partial charge in [0.05, 0.1) is 22.4 Å². The number of pyridine rings is 2. The van der Waals surface area contributed by atoms with Crippen LogP contribution in [0.5, 0.6) is 0 Å². The van der Waals surface area contributed by atoms with E-state index in [1.165, 1.54) is 6.42 Å². The molecule has 3 aromatic rings. The predicted molar refractivity (Wildman–Crippen MR) is 99.5 cm³/mol. The van der Waals surface area contributed by atoms with Crippen LogP contribution in [0.15, 0.2) is 36.7 Å². The van der Waals surface area contributed by atoms with Crippen LogP contribution in [0.4, 0.5) is 11.5 Å². The van der Waals surface area contributed by atoms with E-state index in [-0.39, 0.29) is 0 Å². The van der Waals surface area contributed by atoms with Gasteiger partial charge in [0.1, 0.15) is 5.82 Å². The van der Waals surface area contributed by atoms with Gasteiger partial charge in [-0.05, 0) is 36.2 Å². The Morgan fingerprint density at radius 2 is 1.74 bits per heavy atom. The average Bonchev–Trinajstić information content (AvgIpc) is 2.54. The number of anilines is 2. The number of benzene rings is 1. The SMILES string of the molecule is CCC.Cc1c(N)cnc2ccc(-c3cc(N)ncc3Cl)cc12. The maximum atomic E-state index is 6.19. The summed E-state index contributed by atoms with van der Waals surface area (Å²) in [6.45, 7) is 6.23. The first-order chi connectivity index (χ1) is 11.0. The first-order valence-electron chi connectivity index (χ1n) is 7.54. The molecule has 4 N–H and O–H groups in total. The molecule has 23 heavy (non-hydrogen) atoms. The summed E-state index contributed by atoms with van der Waals surface area (Å²) in [7, 11) is 0. The van der Waals surface area contributed by atoms with E-state index in [2.05, 4.69) is 23.8 Å². The van der Waals surface area contributed by atoms with Crippen LogP contribution in [0.25, 0.3) is 22.0 Å². The molecule has 0 aliphatic rings. The lowest BCUT2D eigenvalue weighted by atomic mass is 10.0. The lowest BCUT2D eigenvalue weighted by Gasteiger charge is -2.09. The van der Waals surface area contributed by atoms with E-state index >= 15 is 0 Å². The van der Waals surface area contributed by atoms with Crippen molar-refractivity contribution in [3.63, 3.8) is 0 Å². The summed E-state index contributed by atoms with van der Waals surface area (Å²) < 4.78 is 0. The van der Waals surface area contributed by atoms with Crippen molar-refractivity contribution < 1.29 is 0 Å². The molecule has 5 heteroatoms. The van der Waals surface area contributed by atoms with Crippen LogP contribution in [0.3, 0.4) is 0 Å². The minimum atomic E-state index is 0.437. The van der Waals surface area contributed by atoms with Crippen LogP contribution in [0.2, 0.25) is 5.02 Å². The number of hydrogen-bond acceptors (Lipinski definition) is 4. The zero-order valence-corrected chi connectivity index (χ0v) is 14.4. The molecule has 0 atom stereocenters. The Morgan fingerprint density at radius 3 is 2.43 bits per heavy atom. The number of nitrogen functional groups attached to an aromatic ring is 2. The Morgan fingerprint density at radius 1 is 1.04 bits per heavy atom. The molecule has 0 fully saturated rings. The van der Waals surface area contributed by atoms with Gasteiger partial charge in [0.25, 0.3) is 0 Å². The number of nitrogens with zero attached hydrogens (tertiary/aromatic N) is 2. The number of halogens is 1. The van der Waals surface area contributed by atoms with E-state index in [4.69, 9.17) is 23.1 Å². The van der Waals surface area contributed by atoms with Gasteiger partial charge in [0.15, 0.2) is 0 Å². The molecule has 0 spiro atoms. The second-order valence-electron chi connectivity index (χ2n) is 5.37. The van der Waals surface area contributed by atoms with Gasteiger partial charge in [-0.3, -0.25) is 4.98 Å². The van der Waals surface area contributed by atoms with Crippen LogP contribution in [-0.4, -0.2) is 9.97 Å². The van der Waals surface area contributed by atoms with Gasteiger partial charge in [-0.1, -0.05) is 37.9 Å². The Balaban J connectivity index is 0.000000595. The maximum absolute atomic E-state index is 6.19. The predicted octanol–water partition coefficient (Wildman–Crippen LogP) is 4.84. The standard InChI is InChI=1S/C15H13ClN4.C3H8/c1-8-10-4-9(2-3-14(10)19-7-13(8)17)11-5-15(18)20-6-12(11)16;1-3-2/h2-7H,17H2,1H3,(H2,18,20);3H2,1-2H3. The molecular weight excluding hydrogens is 308 g/mol. The number of aromatic nitrogens is 2. The summed E-state index contributed by atoms with van der Waals surface area (Å²) in [5.74, 6) is 0.437. The molecule has 1 aromatic carbocycles. The Hall–Kier alpha value is -2.33. The topological polar surface area (TPSA) is 77.8 Å². The number of aryl methyl sites for hydroxylation is 1. The fourth-order valence-corrected chi connectivity index (χ4v) is 2.40. The minimum absolute atomic E-state index is 0.437. The average molecular weight is 329 g/mol. The molecule has 0 aliphatic carbocycles. The third kappa shape index (κ3) is 3.71. The first kappa shape index (κ1) is 17.0. The fraction of sp³-hybridized carbons (Fsp3) is 0.222. The van der Waals surface area contributed by atoms with Crippen molar-refractivity contribution in [1.82, 2.24) is 9.97 Å². The zero-order chi connectivity index (χ0) is 17.0. The molecule has 3 rings (SSSR count). The molecule has 4 nitrogen and oxygen atoms in total. The van der Waals surface area contributed by atoms with Gasteiger partial charge in [-0.25, -0.2) is 4.98 Å². The largest absolute Gasteiger partial charge is 0.397 e. The monoisotopic (exact) mass is 328 g/mol. The van der Waals surface area contributed by atoms with Crippen LogP contribution < -0.4 is 11.5 Å². The van der Waals surface area contributed by atoms with Gasteiger partial charge in [0, 0.05) is 17.1 Å². The van der Waals surface area contributed by atoms with E-state index in [1.54, 1.807) is 18.5 Å². The molecule has 0 unspecified atom stereocenters. The molecule has 0 saturated heterocycles. The third-order valence-corrected chi connectivity index (χ3v) is 3.66. The number of nitrogens with two attached hydrogens (primary N) is 2. The summed E-state index contributed by atoms with van der Waals surface area (Å²) in [4.78, 5) is 8.29. The van der Waals surface area contributed by atoms with Crippen molar-refractivity contribution >= 4 is 34.0 Å². The Kier molecular flexibility index (Phi) is 5.40. The van der Waals surface area contributed by atoms with Gasteiger partial charge in [-0.2, -0.15) is 0 Å². The molecule has 0 bridgehead atoms. The highest BCUT2D eigenvalue weighted by molar-refractivity contribution is 6.33. The molecule has 0 aliphatic heterocycles. The number of fused-ring (bicyclic) bond motifs is 1. The van der Waals surface area contributed by atoms with Crippen molar-refractivity contribution in [1.29, 1.82) is 0 Å². The highest BCUT2D eigenvalue weighted by Crippen LogP contribution is 2.32. The summed E-state index contributed by atoms with van der Waals surface area (Å²) >= 11 is 6.19. The minimum Gasteiger partial charge on any atom is -0.397 e. The second-order valence-corrected chi connectivity index (χ2v) is 5.77. The van der Waals surface area contributed by atoms with Crippen LogP contribution in [0.1, 0.15) is 25.8 Å². The van der Waals surface area contributed by atoms with Gasteiger partial charge >= 0.3 is 0 Å². The summed E-state index contributed by atoms with van der Waals surface area (Å²) in [5.41, 5.74) is 16.0. The van der Waals surface area contributed by atoms with E-state index in [1.807, 2.05) is 25.1 Å². The van der Waals surface area contributed by atoms with E-state index in [9.17, 15) is 0 Å². The lowest BCUT2D eigenvalue weighted by molar-refractivity contribution is 1.09. The van der Waals surface area contributed by atoms with E-state index in [0.717, 1.165) is 27.6 Å². The maximum Gasteiger partial charge on any atom is 0.124 e. The highest BCUT2D eigenvalue weighted by atomic mass is 35.5. The summed E-state index contributed by atoms with van der Waals surface area (Å²) in [6, 6.07) is 7.70. The van der Waals surface area contributed by atoms with Crippen LogP contribution in [0, 0.1) is 6.92 Å². The van der Waals surface area contributed by atoms with Crippen molar-refractivity contribution in [3.8, 4) is 11.1 Å². The molecule has 0 saturated carbocycles. The summed E-state index contributed by atoms with van der Waals surface area (Å²) in [5, 5.41) is 1.57. The fourth-order valence-electron chi connectivity index (χ4n) is 2.18. The van der Waals surface area contributed by atoms with E-state index in [0.29, 0.717) is 16.5 Å². The van der Waals surface area contributed by atoms with Gasteiger partial charge in [-0.15, -0.1) is 0 Å². The smallest absolute Gasteiger partial charge is 0.124 e. The zero-order valence-electron chi connectivity index (χ0n) is 13.6. The number of hydrogen-bond donors (Lipinski definition) is 2. The molecule has 0 amide bonds. The molecule has 0 radical (unpaired) electrons. The van der Waals surface area contributed by atoms with Crippen molar-refractivity contribution in [2.24, 2.45) is 0 Å². The lowest BCUT2D eigenvalue weighted by Crippen LogP contribution is -1.94. The summed E-state index contributed by atoms with van der Waals surface area (Å²) in [6.07, 6.45) is 4.48.